The van der Waals surface area contributed by atoms with E-state index in [1.54, 1.807) is 0 Å². The lowest BCUT2D eigenvalue weighted by Crippen LogP contribution is -2.37. The molecule has 0 rings (SSSR count). The Bertz CT molecular complexity index is 189. The third-order valence-electron chi connectivity index (χ3n) is 2.05. The van der Waals surface area contributed by atoms with Gasteiger partial charge in [-0.15, -0.1) is 0 Å². The maximum Gasteiger partial charge on any atom is 0.309 e. The van der Waals surface area contributed by atoms with Crippen molar-refractivity contribution in [3.05, 3.63) is 12.2 Å². The van der Waals surface area contributed by atoms with Gasteiger partial charge in [0.1, 0.15) is 0 Å². The van der Waals surface area contributed by atoms with Gasteiger partial charge in [-0.3, -0.25) is 4.79 Å². The van der Waals surface area contributed by atoms with Crippen LogP contribution in [-0.2, 0) is 9.53 Å². The van der Waals surface area contributed by atoms with Gasteiger partial charge in [0.05, 0.1) is 13.0 Å². The van der Waals surface area contributed by atoms with Gasteiger partial charge in [-0.1, -0.05) is 19.1 Å². The van der Waals surface area contributed by atoms with Crippen LogP contribution in [0.4, 0.5) is 0 Å². The molecule has 0 saturated carbocycles. The summed E-state index contributed by atoms with van der Waals surface area (Å²) in [6.07, 6.45) is 0. The first-order valence-electron chi connectivity index (χ1n) is 4.44. The highest BCUT2D eigenvalue weighted by atomic mass is 16.5. The molecule has 0 fully saturated rings. The van der Waals surface area contributed by atoms with Crippen LogP contribution >= 0.6 is 0 Å². The van der Waals surface area contributed by atoms with Crippen LogP contribution in [-0.4, -0.2) is 25.7 Å². The normalized spacial score (nSPS) is 14.8. The van der Waals surface area contributed by atoms with Crippen LogP contribution in [0.15, 0.2) is 12.2 Å². The van der Waals surface area contributed by atoms with Gasteiger partial charge < -0.3 is 10.1 Å². The maximum absolute atomic E-state index is 11.1. The molecule has 1 N–H and O–H groups in total. The van der Waals surface area contributed by atoms with E-state index in [2.05, 4.69) is 16.6 Å². The van der Waals surface area contributed by atoms with Gasteiger partial charge in [-0.05, 0) is 13.8 Å². The maximum atomic E-state index is 11.1. The number of hydrogen-bond acceptors (Lipinski definition) is 3. The summed E-state index contributed by atoms with van der Waals surface area (Å²) in [5.41, 5.74) is 1.06. The molecular weight excluding hydrogens is 166 g/mol. The van der Waals surface area contributed by atoms with Crippen molar-refractivity contribution >= 4 is 5.97 Å². The summed E-state index contributed by atoms with van der Waals surface area (Å²) in [6, 6.07) is 0.115. The van der Waals surface area contributed by atoms with E-state index in [1.165, 1.54) is 7.11 Å². The standard InChI is InChI=1S/C10H19NO2/c1-7(2)6-11-9(4)8(3)10(12)13-5/h8-9,11H,1,6H2,2-5H3. The Morgan fingerprint density at radius 2 is 2.08 bits per heavy atom. The van der Waals surface area contributed by atoms with Crippen LogP contribution in [0.1, 0.15) is 20.8 Å². The van der Waals surface area contributed by atoms with Crippen LogP contribution < -0.4 is 5.32 Å². The quantitative estimate of drug-likeness (QED) is 0.519. The number of carbonyl (C=O) groups is 1. The molecule has 0 amide bonds. The molecule has 0 aliphatic carbocycles. The minimum absolute atomic E-state index is 0.115. The molecule has 0 saturated heterocycles. The first kappa shape index (κ1) is 12.2. The zero-order valence-electron chi connectivity index (χ0n) is 8.89. The van der Waals surface area contributed by atoms with E-state index in [-0.39, 0.29) is 17.9 Å². The number of nitrogens with one attached hydrogen (secondary N) is 1. The van der Waals surface area contributed by atoms with E-state index in [0.717, 1.165) is 12.1 Å². The summed E-state index contributed by atoms with van der Waals surface area (Å²) in [6.45, 7) is 10.3. The predicted molar refractivity (Wildman–Crippen MR) is 53.5 cm³/mol. The monoisotopic (exact) mass is 185 g/mol. The van der Waals surface area contributed by atoms with Gasteiger partial charge in [-0.25, -0.2) is 0 Å². The molecule has 0 aliphatic heterocycles. The molecule has 0 radical (unpaired) electrons. The number of methoxy groups -OCH3 is 1. The number of hydrogen-bond donors (Lipinski definition) is 1. The topological polar surface area (TPSA) is 38.3 Å². The van der Waals surface area contributed by atoms with Crippen LogP contribution in [0.25, 0.3) is 0 Å². The summed E-state index contributed by atoms with van der Waals surface area (Å²) in [7, 11) is 1.41. The second-order valence-electron chi connectivity index (χ2n) is 3.44. The van der Waals surface area contributed by atoms with Crippen LogP contribution in [0, 0.1) is 5.92 Å². The highest BCUT2D eigenvalue weighted by molar-refractivity contribution is 5.72. The van der Waals surface area contributed by atoms with Gasteiger partial charge in [0.15, 0.2) is 0 Å². The van der Waals surface area contributed by atoms with Crippen molar-refractivity contribution in [2.45, 2.75) is 26.8 Å². The summed E-state index contributed by atoms with van der Waals surface area (Å²) in [5, 5.41) is 3.20. The third kappa shape index (κ3) is 4.68. The van der Waals surface area contributed by atoms with Crippen molar-refractivity contribution in [3.8, 4) is 0 Å². The lowest BCUT2D eigenvalue weighted by atomic mass is 10.0. The van der Waals surface area contributed by atoms with E-state index in [1.807, 2.05) is 20.8 Å². The summed E-state index contributed by atoms with van der Waals surface area (Å²) >= 11 is 0. The Hall–Kier alpha value is -0.830. The van der Waals surface area contributed by atoms with Crippen LogP contribution in [0.5, 0.6) is 0 Å². The highest BCUT2D eigenvalue weighted by Gasteiger charge is 2.19. The van der Waals surface area contributed by atoms with E-state index in [0.29, 0.717) is 0 Å². The SMILES string of the molecule is C=C(C)CNC(C)C(C)C(=O)OC. The van der Waals surface area contributed by atoms with E-state index >= 15 is 0 Å². The third-order valence-corrected chi connectivity index (χ3v) is 2.05. The summed E-state index contributed by atoms with van der Waals surface area (Å²) in [5.74, 6) is -0.300. The molecule has 0 aromatic rings. The Balaban J connectivity index is 3.88. The molecule has 76 valence electrons. The second kappa shape index (κ2) is 5.75. The fourth-order valence-electron chi connectivity index (χ4n) is 0.902. The zero-order chi connectivity index (χ0) is 10.4. The van der Waals surface area contributed by atoms with E-state index in [9.17, 15) is 4.79 Å². The van der Waals surface area contributed by atoms with Crippen LogP contribution in [0.2, 0.25) is 0 Å². The molecular formula is C10H19NO2. The molecule has 3 heteroatoms. The highest BCUT2D eigenvalue weighted by Crippen LogP contribution is 2.04. The molecule has 2 atom stereocenters. The minimum Gasteiger partial charge on any atom is -0.469 e. The van der Waals surface area contributed by atoms with E-state index in [4.69, 9.17) is 0 Å². The van der Waals surface area contributed by atoms with Gasteiger partial charge in [0.25, 0.3) is 0 Å². The Morgan fingerprint density at radius 3 is 2.46 bits per heavy atom. The number of ether oxygens (including phenoxy) is 1. The minimum atomic E-state index is -0.179. The van der Waals surface area contributed by atoms with Gasteiger partial charge >= 0.3 is 5.97 Å². The molecule has 2 unspecified atom stereocenters. The molecule has 0 spiro atoms. The molecule has 0 aromatic carbocycles. The Labute approximate surface area is 80.2 Å². The molecule has 3 nitrogen and oxygen atoms in total. The average Bonchev–Trinajstić information content (AvgIpc) is 2.11. The van der Waals surface area contributed by atoms with Crippen molar-refractivity contribution in [3.63, 3.8) is 0 Å². The Morgan fingerprint density at radius 1 is 1.54 bits per heavy atom. The Kier molecular flexibility index (Phi) is 5.39. The average molecular weight is 185 g/mol. The fourth-order valence-corrected chi connectivity index (χ4v) is 0.902. The van der Waals surface area contributed by atoms with Crippen molar-refractivity contribution in [1.29, 1.82) is 0 Å². The number of carbonyl (C=O) groups excluding carboxylic acids is 1. The van der Waals surface area contributed by atoms with E-state index < -0.39 is 0 Å². The first-order chi connectivity index (χ1) is 5.99. The lowest BCUT2D eigenvalue weighted by Gasteiger charge is -2.19. The lowest BCUT2D eigenvalue weighted by molar-refractivity contribution is -0.145. The summed E-state index contributed by atoms with van der Waals surface area (Å²) in [4.78, 5) is 11.1. The largest absolute Gasteiger partial charge is 0.469 e. The van der Waals surface area contributed by atoms with Crippen LogP contribution in [0.3, 0.4) is 0 Å². The molecule has 0 aliphatic rings. The summed E-state index contributed by atoms with van der Waals surface area (Å²) < 4.78 is 4.64. The second-order valence-corrected chi connectivity index (χ2v) is 3.44. The molecule has 13 heavy (non-hydrogen) atoms. The van der Waals surface area contributed by atoms with Gasteiger partial charge in [0.2, 0.25) is 0 Å². The predicted octanol–water partition coefficient (Wildman–Crippen LogP) is 1.35. The van der Waals surface area contributed by atoms with Crippen molar-refractivity contribution in [1.82, 2.24) is 5.32 Å². The fraction of sp³-hybridized carbons (Fsp3) is 0.700. The zero-order valence-corrected chi connectivity index (χ0v) is 8.89. The smallest absolute Gasteiger partial charge is 0.309 e. The first-order valence-corrected chi connectivity index (χ1v) is 4.44. The molecule has 0 aromatic heterocycles. The van der Waals surface area contributed by atoms with Crippen molar-refractivity contribution in [2.75, 3.05) is 13.7 Å². The number of rotatable bonds is 5. The van der Waals surface area contributed by atoms with Gasteiger partial charge in [-0.2, -0.15) is 0 Å². The van der Waals surface area contributed by atoms with Crippen molar-refractivity contribution < 1.29 is 9.53 Å². The number of esters is 1. The van der Waals surface area contributed by atoms with Crippen molar-refractivity contribution in [2.24, 2.45) is 5.92 Å². The van der Waals surface area contributed by atoms with Gasteiger partial charge in [0, 0.05) is 12.6 Å². The molecule has 0 bridgehead atoms. The molecule has 0 heterocycles.